The van der Waals surface area contributed by atoms with Crippen molar-refractivity contribution >= 4 is 46.4 Å². The summed E-state index contributed by atoms with van der Waals surface area (Å²) in [4.78, 5) is 0. The van der Waals surface area contributed by atoms with Crippen molar-refractivity contribution in [3.05, 3.63) is 62.1 Å². The third kappa shape index (κ3) is 3.75. The van der Waals surface area contributed by atoms with Crippen LogP contribution in [0.4, 0.5) is 4.39 Å². The molecule has 0 aliphatic rings. The maximum atomic E-state index is 13.6. The molecule has 1 heterocycles. The van der Waals surface area contributed by atoms with Crippen LogP contribution in [-0.2, 0) is 6.61 Å². The number of benzene rings is 2. The van der Waals surface area contributed by atoms with Crippen LogP contribution in [0.15, 0.2) is 34.7 Å². The fraction of sp³-hybridized carbons (Fsp3) is 0.0667. The van der Waals surface area contributed by atoms with Gasteiger partial charge in [-0.25, -0.2) is 4.39 Å². The SMILES string of the molecule is Fc1cc(-c2nnc(COc3ccc(Cl)cc3Cl)o2)c(Cl)cc1Cl. The highest BCUT2D eigenvalue weighted by molar-refractivity contribution is 6.36. The van der Waals surface area contributed by atoms with Gasteiger partial charge in [0, 0.05) is 5.02 Å². The molecular formula is C15H7Cl4FN2O2. The van der Waals surface area contributed by atoms with Crippen LogP contribution in [0.5, 0.6) is 5.75 Å². The average Bonchev–Trinajstić information content (AvgIpc) is 2.99. The molecule has 2 aromatic carbocycles. The Morgan fingerprint density at radius 2 is 1.75 bits per heavy atom. The van der Waals surface area contributed by atoms with E-state index < -0.39 is 5.82 Å². The number of hydrogen-bond acceptors (Lipinski definition) is 4. The highest BCUT2D eigenvalue weighted by Gasteiger charge is 2.16. The lowest BCUT2D eigenvalue weighted by atomic mass is 10.2. The van der Waals surface area contributed by atoms with E-state index in [1.54, 1.807) is 18.2 Å². The van der Waals surface area contributed by atoms with E-state index in [2.05, 4.69) is 10.2 Å². The van der Waals surface area contributed by atoms with Crippen LogP contribution in [0.3, 0.4) is 0 Å². The molecule has 0 fully saturated rings. The summed E-state index contributed by atoms with van der Waals surface area (Å²) < 4.78 is 24.5. The van der Waals surface area contributed by atoms with Crippen LogP contribution < -0.4 is 4.74 Å². The summed E-state index contributed by atoms with van der Waals surface area (Å²) >= 11 is 23.5. The number of nitrogens with zero attached hydrogens (tertiary/aromatic N) is 2. The Hall–Kier alpha value is -1.53. The molecule has 0 atom stereocenters. The van der Waals surface area contributed by atoms with E-state index in [0.717, 1.165) is 6.07 Å². The van der Waals surface area contributed by atoms with Gasteiger partial charge in [0.15, 0.2) is 6.61 Å². The minimum Gasteiger partial charge on any atom is -0.482 e. The fourth-order valence-electron chi connectivity index (χ4n) is 1.84. The van der Waals surface area contributed by atoms with Crippen LogP contribution in [0.25, 0.3) is 11.5 Å². The van der Waals surface area contributed by atoms with E-state index in [4.69, 9.17) is 55.6 Å². The fourth-order valence-corrected chi connectivity index (χ4v) is 2.77. The van der Waals surface area contributed by atoms with Gasteiger partial charge in [0.05, 0.1) is 20.6 Å². The first-order valence-corrected chi connectivity index (χ1v) is 8.00. The number of rotatable bonds is 4. The summed E-state index contributed by atoms with van der Waals surface area (Å²) in [5.74, 6) is -0.00443. The first-order valence-electron chi connectivity index (χ1n) is 6.49. The van der Waals surface area contributed by atoms with Crippen LogP contribution in [0.2, 0.25) is 20.1 Å². The van der Waals surface area contributed by atoms with Crippen molar-refractivity contribution in [1.82, 2.24) is 10.2 Å². The number of halogens is 5. The predicted molar refractivity (Wildman–Crippen MR) is 90.5 cm³/mol. The quantitative estimate of drug-likeness (QED) is 0.492. The zero-order valence-corrected chi connectivity index (χ0v) is 14.7. The van der Waals surface area contributed by atoms with Crippen molar-refractivity contribution in [3.8, 4) is 17.2 Å². The lowest BCUT2D eigenvalue weighted by Crippen LogP contribution is -1.96. The maximum Gasteiger partial charge on any atom is 0.254 e. The molecule has 3 rings (SSSR count). The van der Waals surface area contributed by atoms with Crippen LogP contribution in [0.1, 0.15) is 5.89 Å². The number of ether oxygens (including phenoxy) is 1. The molecule has 0 aliphatic heterocycles. The van der Waals surface area contributed by atoms with Gasteiger partial charge in [-0.3, -0.25) is 0 Å². The lowest BCUT2D eigenvalue weighted by molar-refractivity contribution is 0.264. The molecule has 9 heteroatoms. The predicted octanol–water partition coefficient (Wildman–Crippen LogP) is 6.07. The van der Waals surface area contributed by atoms with Crippen molar-refractivity contribution in [2.24, 2.45) is 0 Å². The minimum absolute atomic E-state index is 0.0258. The van der Waals surface area contributed by atoms with Gasteiger partial charge >= 0.3 is 0 Å². The molecule has 0 unspecified atom stereocenters. The first-order chi connectivity index (χ1) is 11.4. The molecule has 3 aromatic rings. The van der Waals surface area contributed by atoms with Gasteiger partial charge in [0.25, 0.3) is 5.89 Å². The maximum absolute atomic E-state index is 13.6. The molecule has 0 radical (unpaired) electrons. The Morgan fingerprint density at radius 3 is 2.50 bits per heavy atom. The third-order valence-electron chi connectivity index (χ3n) is 2.95. The van der Waals surface area contributed by atoms with E-state index in [9.17, 15) is 4.39 Å². The zero-order valence-electron chi connectivity index (χ0n) is 11.7. The van der Waals surface area contributed by atoms with E-state index in [0.29, 0.717) is 15.8 Å². The van der Waals surface area contributed by atoms with Gasteiger partial charge in [-0.05, 0) is 30.3 Å². The molecule has 124 valence electrons. The van der Waals surface area contributed by atoms with E-state index >= 15 is 0 Å². The van der Waals surface area contributed by atoms with Gasteiger partial charge in [-0.15, -0.1) is 10.2 Å². The second-order valence-electron chi connectivity index (χ2n) is 4.61. The Kier molecular flexibility index (Phi) is 5.15. The van der Waals surface area contributed by atoms with Gasteiger partial charge in [-0.2, -0.15) is 0 Å². The molecule has 0 N–H and O–H groups in total. The zero-order chi connectivity index (χ0) is 17.3. The van der Waals surface area contributed by atoms with Crippen molar-refractivity contribution in [2.45, 2.75) is 6.61 Å². The standard InChI is InChI=1S/C15H7Cl4FN2O2/c16-7-1-2-13(11(19)3-7)23-6-14-21-22-15(24-14)8-4-12(20)10(18)5-9(8)17/h1-5H,6H2. The van der Waals surface area contributed by atoms with Gasteiger partial charge in [-0.1, -0.05) is 46.4 Å². The highest BCUT2D eigenvalue weighted by atomic mass is 35.5. The molecule has 0 saturated heterocycles. The Morgan fingerprint density at radius 1 is 0.958 bits per heavy atom. The topological polar surface area (TPSA) is 48.2 Å². The van der Waals surface area contributed by atoms with Crippen molar-refractivity contribution < 1.29 is 13.5 Å². The Bertz CT molecular complexity index is 901. The van der Waals surface area contributed by atoms with Gasteiger partial charge in [0.2, 0.25) is 5.89 Å². The van der Waals surface area contributed by atoms with E-state index in [1.807, 2.05) is 0 Å². The van der Waals surface area contributed by atoms with Gasteiger partial charge < -0.3 is 9.15 Å². The number of aromatic nitrogens is 2. The summed E-state index contributed by atoms with van der Waals surface area (Å²) in [5, 5.41) is 8.59. The molecule has 0 bridgehead atoms. The summed E-state index contributed by atoms with van der Waals surface area (Å²) in [6.45, 7) is -0.0258. The second kappa shape index (κ2) is 7.15. The normalized spacial score (nSPS) is 10.9. The summed E-state index contributed by atoms with van der Waals surface area (Å²) in [6.07, 6.45) is 0. The Labute approximate surface area is 156 Å². The Balaban J connectivity index is 1.77. The highest BCUT2D eigenvalue weighted by Crippen LogP contribution is 2.32. The van der Waals surface area contributed by atoms with Gasteiger partial charge in [0.1, 0.15) is 11.6 Å². The van der Waals surface area contributed by atoms with E-state index in [-0.39, 0.29) is 34.0 Å². The molecule has 0 amide bonds. The van der Waals surface area contributed by atoms with Crippen LogP contribution in [0, 0.1) is 5.82 Å². The van der Waals surface area contributed by atoms with Crippen molar-refractivity contribution in [3.63, 3.8) is 0 Å². The molecule has 0 aliphatic carbocycles. The summed E-state index contributed by atoms with van der Waals surface area (Å²) in [5.41, 5.74) is 0.238. The monoisotopic (exact) mass is 406 g/mol. The molecule has 0 spiro atoms. The van der Waals surface area contributed by atoms with Crippen LogP contribution >= 0.6 is 46.4 Å². The molecular weight excluding hydrogens is 401 g/mol. The average molecular weight is 408 g/mol. The molecule has 1 aromatic heterocycles. The smallest absolute Gasteiger partial charge is 0.254 e. The van der Waals surface area contributed by atoms with Crippen LogP contribution in [-0.4, -0.2) is 10.2 Å². The molecule has 4 nitrogen and oxygen atoms in total. The molecule has 0 saturated carbocycles. The van der Waals surface area contributed by atoms with Crippen molar-refractivity contribution in [1.29, 1.82) is 0 Å². The largest absolute Gasteiger partial charge is 0.482 e. The summed E-state index contributed by atoms with van der Waals surface area (Å²) in [7, 11) is 0. The van der Waals surface area contributed by atoms with E-state index in [1.165, 1.54) is 6.07 Å². The first kappa shape index (κ1) is 17.3. The molecule has 24 heavy (non-hydrogen) atoms. The second-order valence-corrected chi connectivity index (χ2v) is 6.27. The third-order valence-corrected chi connectivity index (χ3v) is 4.09. The minimum atomic E-state index is -0.639. The summed E-state index contributed by atoms with van der Waals surface area (Å²) in [6, 6.07) is 7.19. The van der Waals surface area contributed by atoms with Crippen molar-refractivity contribution in [2.75, 3.05) is 0 Å². The lowest BCUT2D eigenvalue weighted by Gasteiger charge is -2.05. The number of hydrogen-bond donors (Lipinski definition) is 0.